The van der Waals surface area contributed by atoms with Gasteiger partial charge in [0.25, 0.3) is 6.67 Å². The van der Waals surface area contributed by atoms with E-state index >= 15 is 0 Å². The Bertz CT molecular complexity index is 147. The molecule has 0 unspecified atom stereocenters. The second-order valence-corrected chi connectivity index (χ2v) is 2.63. The summed E-state index contributed by atoms with van der Waals surface area (Å²) < 4.78 is 5.12. The summed E-state index contributed by atoms with van der Waals surface area (Å²) in [7, 11) is 0. The van der Waals surface area contributed by atoms with Crippen LogP contribution in [0.15, 0.2) is 0 Å². The van der Waals surface area contributed by atoms with Crippen LogP contribution >= 0.6 is 0 Å². The Morgan fingerprint density at radius 2 is 2.17 bits per heavy atom. The van der Waals surface area contributed by atoms with Crippen LogP contribution in [-0.4, -0.2) is 49.5 Å². The summed E-state index contributed by atoms with van der Waals surface area (Å²) in [5.41, 5.74) is 0. The molecule has 12 heavy (non-hydrogen) atoms. The van der Waals surface area contributed by atoms with Crippen LogP contribution in [0.2, 0.25) is 0 Å². The Morgan fingerprint density at radius 1 is 1.50 bits per heavy atom. The molecule has 0 bridgehead atoms. The van der Waals surface area contributed by atoms with Crippen molar-refractivity contribution in [3.63, 3.8) is 0 Å². The van der Waals surface area contributed by atoms with E-state index in [-0.39, 0.29) is 11.6 Å². The van der Waals surface area contributed by atoms with Gasteiger partial charge < -0.3 is 4.74 Å². The molecule has 1 N–H and O–H groups in total. The first-order valence-corrected chi connectivity index (χ1v) is 3.91. The summed E-state index contributed by atoms with van der Waals surface area (Å²) in [5.74, 6) is 0. The van der Waals surface area contributed by atoms with Gasteiger partial charge in [-0.15, -0.1) is 0 Å². The van der Waals surface area contributed by atoms with E-state index in [9.17, 15) is 10.1 Å². The predicted molar refractivity (Wildman–Crippen MR) is 42.3 cm³/mol. The fraction of sp³-hybridized carbons (Fsp3) is 1.00. The topological polar surface area (TPSA) is 67.6 Å². The molecule has 1 fully saturated rings. The highest BCUT2D eigenvalue weighted by molar-refractivity contribution is 4.59. The molecule has 0 aromatic carbocycles. The second kappa shape index (κ2) is 5.02. The number of nitro groups is 1. The summed E-state index contributed by atoms with van der Waals surface area (Å²) in [6, 6.07) is 0. The van der Waals surface area contributed by atoms with Gasteiger partial charge in [0, 0.05) is 18.0 Å². The zero-order valence-electron chi connectivity index (χ0n) is 6.86. The lowest BCUT2D eigenvalue weighted by atomic mass is 10.4. The standard InChI is InChI=1S/C6H13N3O3/c10-9(11)6-7-5-8-1-3-12-4-2-8/h7H,1-6H2. The molecule has 0 atom stereocenters. The molecule has 0 aliphatic carbocycles. The Balaban J connectivity index is 2.01. The lowest BCUT2D eigenvalue weighted by Gasteiger charge is -2.25. The number of nitrogens with zero attached hydrogens (tertiary/aromatic N) is 2. The first kappa shape index (κ1) is 9.37. The molecule has 1 aliphatic heterocycles. The van der Waals surface area contributed by atoms with Crippen LogP contribution in [-0.2, 0) is 4.74 Å². The molecule has 0 aromatic rings. The molecular formula is C6H13N3O3. The number of hydrogen-bond acceptors (Lipinski definition) is 5. The van der Waals surface area contributed by atoms with Gasteiger partial charge in [0.15, 0.2) is 0 Å². The lowest BCUT2D eigenvalue weighted by Crippen LogP contribution is -2.43. The van der Waals surface area contributed by atoms with Gasteiger partial charge in [-0.2, -0.15) is 0 Å². The number of morpholine rings is 1. The maximum Gasteiger partial charge on any atom is 0.257 e. The second-order valence-electron chi connectivity index (χ2n) is 2.63. The third-order valence-corrected chi connectivity index (χ3v) is 1.68. The normalized spacial score (nSPS) is 19.3. The Kier molecular flexibility index (Phi) is 3.92. The minimum atomic E-state index is -0.375. The summed E-state index contributed by atoms with van der Waals surface area (Å²) in [4.78, 5) is 11.7. The van der Waals surface area contributed by atoms with E-state index in [1.807, 2.05) is 0 Å². The van der Waals surface area contributed by atoms with Crippen molar-refractivity contribution in [2.24, 2.45) is 0 Å². The summed E-state index contributed by atoms with van der Waals surface area (Å²) in [5, 5.41) is 12.7. The predicted octanol–water partition coefficient (Wildman–Crippen LogP) is -0.900. The maximum absolute atomic E-state index is 9.94. The van der Waals surface area contributed by atoms with E-state index < -0.39 is 0 Å². The average molecular weight is 175 g/mol. The molecule has 1 heterocycles. The van der Waals surface area contributed by atoms with Crippen molar-refractivity contribution in [2.75, 3.05) is 39.6 Å². The number of hydrogen-bond donors (Lipinski definition) is 1. The molecule has 0 amide bonds. The Morgan fingerprint density at radius 3 is 2.75 bits per heavy atom. The van der Waals surface area contributed by atoms with E-state index in [0.29, 0.717) is 6.67 Å². The van der Waals surface area contributed by atoms with Crippen molar-refractivity contribution >= 4 is 0 Å². The van der Waals surface area contributed by atoms with Crippen molar-refractivity contribution in [3.8, 4) is 0 Å². The molecule has 6 heteroatoms. The summed E-state index contributed by atoms with van der Waals surface area (Å²) in [6.45, 7) is 3.55. The van der Waals surface area contributed by atoms with E-state index in [2.05, 4.69) is 10.2 Å². The highest BCUT2D eigenvalue weighted by atomic mass is 16.6. The van der Waals surface area contributed by atoms with Crippen LogP contribution in [0.3, 0.4) is 0 Å². The summed E-state index contributed by atoms with van der Waals surface area (Å²) >= 11 is 0. The number of rotatable bonds is 4. The van der Waals surface area contributed by atoms with Gasteiger partial charge in [0.05, 0.1) is 19.9 Å². The number of nitrogens with one attached hydrogen (secondary N) is 1. The minimum Gasteiger partial charge on any atom is -0.379 e. The van der Waals surface area contributed by atoms with Crippen molar-refractivity contribution < 1.29 is 9.66 Å². The Labute approximate surface area is 70.6 Å². The van der Waals surface area contributed by atoms with E-state index in [0.717, 1.165) is 26.3 Å². The van der Waals surface area contributed by atoms with Crippen molar-refractivity contribution in [1.29, 1.82) is 0 Å². The van der Waals surface area contributed by atoms with Crippen molar-refractivity contribution in [3.05, 3.63) is 10.1 Å². The first-order chi connectivity index (χ1) is 5.79. The lowest BCUT2D eigenvalue weighted by molar-refractivity contribution is -0.486. The summed E-state index contributed by atoms with van der Waals surface area (Å²) in [6.07, 6.45) is 0. The monoisotopic (exact) mass is 175 g/mol. The van der Waals surface area contributed by atoms with Gasteiger partial charge in [-0.05, 0) is 0 Å². The third-order valence-electron chi connectivity index (χ3n) is 1.68. The molecule has 6 nitrogen and oxygen atoms in total. The van der Waals surface area contributed by atoms with Crippen LogP contribution in [0.4, 0.5) is 0 Å². The molecule has 0 aromatic heterocycles. The van der Waals surface area contributed by atoms with Gasteiger partial charge in [-0.3, -0.25) is 15.0 Å². The molecule has 1 aliphatic rings. The zero-order valence-corrected chi connectivity index (χ0v) is 6.86. The van der Waals surface area contributed by atoms with E-state index in [1.54, 1.807) is 0 Å². The van der Waals surface area contributed by atoms with Crippen LogP contribution in [0.25, 0.3) is 0 Å². The van der Waals surface area contributed by atoms with E-state index in [4.69, 9.17) is 4.74 Å². The van der Waals surface area contributed by atoms with Gasteiger partial charge in [0.1, 0.15) is 0 Å². The van der Waals surface area contributed by atoms with Crippen LogP contribution in [0, 0.1) is 10.1 Å². The van der Waals surface area contributed by atoms with Gasteiger partial charge in [0.2, 0.25) is 0 Å². The molecule has 0 saturated carbocycles. The molecule has 70 valence electrons. The molecule has 1 saturated heterocycles. The fourth-order valence-corrected chi connectivity index (χ4v) is 1.06. The van der Waals surface area contributed by atoms with Gasteiger partial charge >= 0.3 is 0 Å². The third kappa shape index (κ3) is 3.61. The highest BCUT2D eigenvalue weighted by Crippen LogP contribution is 1.93. The molecule has 0 spiro atoms. The van der Waals surface area contributed by atoms with Crippen LogP contribution < -0.4 is 5.32 Å². The molecule has 0 radical (unpaired) electrons. The van der Waals surface area contributed by atoms with Crippen LogP contribution in [0.1, 0.15) is 0 Å². The smallest absolute Gasteiger partial charge is 0.257 e. The SMILES string of the molecule is O=[N+]([O-])CNCN1CCOCC1. The zero-order chi connectivity index (χ0) is 8.81. The minimum absolute atomic E-state index is 0.169. The Hall–Kier alpha value is -0.720. The average Bonchev–Trinajstić information content (AvgIpc) is 2.05. The van der Waals surface area contributed by atoms with Crippen LogP contribution in [0.5, 0.6) is 0 Å². The van der Waals surface area contributed by atoms with E-state index in [1.165, 1.54) is 0 Å². The maximum atomic E-state index is 9.94. The van der Waals surface area contributed by atoms with Gasteiger partial charge in [-0.25, -0.2) is 5.32 Å². The molecule has 1 rings (SSSR count). The van der Waals surface area contributed by atoms with Crippen molar-refractivity contribution in [2.45, 2.75) is 0 Å². The largest absolute Gasteiger partial charge is 0.379 e. The molecular weight excluding hydrogens is 162 g/mol. The highest BCUT2D eigenvalue weighted by Gasteiger charge is 2.09. The first-order valence-electron chi connectivity index (χ1n) is 3.91. The van der Waals surface area contributed by atoms with Crippen molar-refractivity contribution in [1.82, 2.24) is 10.2 Å². The number of ether oxygens (including phenoxy) is 1. The quantitative estimate of drug-likeness (QED) is 0.341. The van der Waals surface area contributed by atoms with Gasteiger partial charge in [-0.1, -0.05) is 0 Å². The fourth-order valence-electron chi connectivity index (χ4n) is 1.06.